The van der Waals surface area contributed by atoms with E-state index in [1.807, 2.05) is 0 Å². The van der Waals surface area contributed by atoms with Gasteiger partial charge in [-0.15, -0.1) is 0 Å². The molecule has 0 saturated carbocycles. The molecule has 2 aromatic rings. The minimum Gasteiger partial charge on any atom is -0.325 e. The van der Waals surface area contributed by atoms with Crippen LogP contribution in [0.3, 0.4) is 0 Å². The zero-order valence-electron chi connectivity index (χ0n) is 11.9. The lowest BCUT2D eigenvalue weighted by atomic mass is 10.1. The second kappa shape index (κ2) is 7.18. The zero-order valence-corrected chi connectivity index (χ0v) is 13.5. The van der Waals surface area contributed by atoms with Crippen molar-refractivity contribution in [2.45, 2.75) is 12.7 Å². The predicted molar refractivity (Wildman–Crippen MR) is 83.2 cm³/mol. The van der Waals surface area contributed by atoms with Crippen LogP contribution in [0.5, 0.6) is 0 Å². The van der Waals surface area contributed by atoms with Crippen molar-refractivity contribution in [2.75, 3.05) is 6.54 Å². The fourth-order valence-corrected chi connectivity index (χ4v) is 2.86. The molecule has 0 unspecified atom stereocenters. The molecule has 1 aromatic heterocycles. The molecular formula is C14H10ClF3N2O3S. The average Bonchev–Trinajstić information content (AvgIpc) is 2.97. The van der Waals surface area contributed by atoms with E-state index in [4.69, 9.17) is 11.6 Å². The Morgan fingerprint density at radius 1 is 1.33 bits per heavy atom. The Labute approximate surface area is 143 Å². The Morgan fingerprint density at radius 2 is 2.04 bits per heavy atom. The maximum absolute atomic E-state index is 12.8. The molecule has 0 saturated heterocycles. The molecule has 10 heteroatoms. The van der Waals surface area contributed by atoms with Crippen LogP contribution in [0.2, 0.25) is 5.02 Å². The van der Waals surface area contributed by atoms with Gasteiger partial charge in [0.2, 0.25) is 0 Å². The minimum atomic E-state index is -4.64. The highest BCUT2D eigenvalue weighted by Gasteiger charge is 2.35. The van der Waals surface area contributed by atoms with Crippen LogP contribution in [0.25, 0.3) is 0 Å². The van der Waals surface area contributed by atoms with Crippen LogP contribution in [0.1, 0.15) is 15.9 Å². The Bertz CT molecular complexity index is 750. The first-order valence-corrected chi connectivity index (χ1v) is 7.80. The SMILES string of the molecule is O=C(c1cc(Cl)ccc1[N+](=O)[O-])N(Cc1ccsc1)CC(F)(F)F. The molecule has 0 aliphatic rings. The number of benzene rings is 1. The fraction of sp³-hybridized carbons (Fsp3) is 0.214. The van der Waals surface area contributed by atoms with E-state index in [0.29, 0.717) is 10.5 Å². The molecule has 0 atom stereocenters. The zero-order chi connectivity index (χ0) is 17.9. The third-order valence-electron chi connectivity index (χ3n) is 3.00. The molecule has 0 bridgehead atoms. The van der Waals surface area contributed by atoms with Crippen molar-refractivity contribution in [3.63, 3.8) is 0 Å². The van der Waals surface area contributed by atoms with Gasteiger partial charge < -0.3 is 4.90 Å². The molecule has 1 amide bonds. The lowest BCUT2D eigenvalue weighted by Gasteiger charge is -2.23. The van der Waals surface area contributed by atoms with Crippen molar-refractivity contribution in [3.8, 4) is 0 Å². The summed E-state index contributed by atoms with van der Waals surface area (Å²) in [4.78, 5) is 23.2. The standard InChI is InChI=1S/C14H10ClF3N2O3S/c15-10-1-2-12(20(22)23)11(5-10)13(21)19(8-14(16,17)18)6-9-3-4-24-7-9/h1-5,7H,6,8H2. The van der Waals surface area contributed by atoms with Gasteiger partial charge in [-0.2, -0.15) is 24.5 Å². The van der Waals surface area contributed by atoms with Crippen molar-refractivity contribution in [3.05, 3.63) is 61.3 Å². The second-order valence-electron chi connectivity index (χ2n) is 4.83. The summed E-state index contributed by atoms with van der Waals surface area (Å²) in [5, 5.41) is 14.3. The quantitative estimate of drug-likeness (QED) is 0.568. The number of rotatable bonds is 5. The summed E-state index contributed by atoms with van der Waals surface area (Å²) >= 11 is 7.00. The maximum Gasteiger partial charge on any atom is 0.406 e. The Hall–Kier alpha value is -2.13. The normalized spacial score (nSPS) is 11.3. The molecule has 24 heavy (non-hydrogen) atoms. The van der Waals surface area contributed by atoms with Crippen LogP contribution < -0.4 is 0 Å². The third kappa shape index (κ3) is 4.68. The summed E-state index contributed by atoms with van der Waals surface area (Å²) in [6.45, 7) is -1.84. The maximum atomic E-state index is 12.8. The topological polar surface area (TPSA) is 63.4 Å². The van der Waals surface area contributed by atoms with Crippen molar-refractivity contribution >= 4 is 34.5 Å². The molecule has 1 aromatic carbocycles. The van der Waals surface area contributed by atoms with E-state index in [9.17, 15) is 28.1 Å². The van der Waals surface area contributed by atoms with Gasteiger partial charge in [-0.1, -0.05) is 11.6 Å². The van der Waals surface area contributed by atoms with Crippen molar-refractivity contribution in [1.82, 2.24) is 4.90 Å². The van der Waals surface area contributed by atoms with Gasteiger partial charge in [-0.05, 0) is 34.5 Å². The molecule has 0 spiro atoms. The first-order valence-electron chi connectivity index (χ1n) is 6.48. The molecule has 0 N–H and O–H groups in total. The van der Waals surface area contributed by atoms with E-state index in [2.05, 4.69) is 0 Å². The summed E-state index contributed by atoms with van der Waals surface area (Å²) in [6, 6.07) is 4.77. The van der Waals surface area contributed by atoms with Crippen LogP contribution in [0.15, 0.2) is 35.0 Å². The highest BCUT2D eigenvalue weighted by atomic mass is 35.5. The number of halogens is 4. The van der Waals surface area contributed by atoms with Gasteiger partial charge in [0, 0.05) is 17.6 Å². The number of hydrogen-bond donors (Lipinski definition) is 0. The van der Waals surface area contributed by atoms with E-state index < -0.39 is 34.8 Å². The molecule has 0 fully saturated rings. The van der Waals surface area contributed by atoms with E-state index in [1.54, 1.807) is 16.8 Å². The molecule has 0 radical (unpaired) electrons. The number of thiophene rings is 1. The van der Waals surface area contributed by atoms with Crippen molar-refractivity contribution in [1.29, 1.82) is 0 Å². The van der Waals surface area contributed by atoms with Gasteiger partial charge in [0.1, 0.15) is 12.1 Å². The first kappa shape index (κ1) is 18.2. The first-order chi connectivity index (χ1) is 11.2. The molecular weight excluding hydrogens is 369 g/mol. The van der Waals surface area contributed by atoms with Gasteiger partial charge >= 0.3 is 6.18 Å². The van der Waals surface area contributed by atoms with E-state index in [-0.39, 0.29) is 11.6 Å². The van der Waals surface area contributed by atoms with Crippen molar-refractivity contribution in [2.24, 2.45) is 0 Å². The van der Waals surface area contributed by atoms with Gasteiger partial charge in [0.25, 0.3) is 11.6 Å². The highest BCUT2D eigenvalue weighted by Crippen LogP contribution is 2.27. The molecule has 128 valence electrons. The highest BCUT2D eigenvalue weighted by molar-refractivity contribution is 7.07. The van der Waals surface area contributed by atoms with E-state index in [1.165, 1.54) is 17.4 Å². The van der Waals surface area contributed by atoms with E-state index >= 15 is 0 Å². The number of hydrogen-bond acceptors (Lipinski definition) is 4. The predicted octanol–water partition coefficient (Wildman–Crippen LogP) is 4.51. The summed E-state index contributed by atoms with van der Waals surface area (Å²) in [5.41, 5.74) is -0.573. The smallest absolute Gasteiger partial charge is 0.325 e. The third-order valence-corrected chi connectivity index (χ3v) is 3.96. The number of alkyl halides is 3. The fourth-order valence-electron chi connectivity index (χ4n) is 2.03. The number of nitro benzene ring substituents is 1. The Morgan fingerprint density at radius 3 is 2.58 bits per heavy atom. The molecule has 0 aliphatic carbocycles. The Balaban J connectivity index is 2.40. The summed E-state index contributed by atoms with van der Waals surface area (Å²) < 4.78 is 38.4. The van der Waals surface area contributed by atoms with Gasteiger partial charge in [0.15, 0.2) is 0 Å². The molecule has 1 heterocycles. The van der Waals surface area contributed by atoms with Crippen LogP contribution in [-0.2, 0) is 6.54 Å². The monoisotopic (exact) mass is 378 g/mol. The molecule has 5 nitrogen and oxygen atoms in total. The number of carbonyl (C=O) groups is 1. The van der Waals surface area contributed by atoms with Gasteiger partial charge in [-0.3, -0.25) is 14.9 Å². The van der Waals surface area contributed by atoms with Crippen molar-refractivity contribution < 1.29 is 22.9 Å². The number of nitrogens with zero attached hydrogens (tertiary/aromatic N) is 2. The number of amides is 1. The summed E-state index contributed by atoms with van der Waals surface area (Å²) in [7, 11) is 0. The van der Waals surface area contributed by atoms with Crippen LogP contribution >= 0.6 is 22.9 Å². The van der Waals surface area contributed by atoms with Gasteiger partial charge in [-0.25, -0.2) is 0 Å². The summed E-state index contributed by atoms with van der Waals surface area (Å²) in [5.74, 6) is -1.10. The Kier molecular flexibility index (Phi) is 5.45. The van der Waals surface area contributed by atoms with Crippen LogP contribution in [0, 0.1) is 10.1 Å². The lowest BCUT2D eigenvalue weighted by Crippen LogP contribution is -2.38. The number of carbonyl (C=O) groups excluding carboxylic acids is 1. The van der Waals surface area contributed by atoms with Gasteiger partial charge in [0.05, 0.1) is 4.92 Å². The summed E-state index contributed by atoms with van der Waals surface area (Å²) in [6.07, 6.45) is -4.64. The van der Waals surface area contributed by atoms with E-state index in [0.717, 1.165) is 12.1 Å². The average molecular weight is 379 g/mol. The minimum absolute atomic E-state index is 0.0199. The molecule has 0 aliphatic heterocycles. The number of nitro groups is 1. The molecule has 2 rings (SSSR count). The van der Waals surface area contributed by atoms with Crippen LogP contribution in [-0.4, -0.2) is 28.5 Å². The van der Waals surface area contributed by atoms with Crippen LogP contribution in [0.4, 0.5) is 18.9 Å². The largest absolute Gasteiger partial charge is 0.406 e. The lowest BCUT2D eigenvalue weighted by molar-refractivity contribution is -0.385. The second-order valence-corrected chi connectivity index (χ2v) is 6.04.